The number of hydrogen-bond donors (Lipinski definition) is 1. The van der Waals surface area contributed by atoms with Gasteiger partial charge in [0, 0.05) is 11.3 Å². The fourth-order valence-electron chi connectivity index (χ4n) is 3.79. The van der Waals surface area contributed by atoms with Crippen molar-refractivity contribution in [3.63, 3.8) is 0 Å². The molecule has 1 N–H and O–H groups in total. The highest BCUT2D eigenvalue weighted by Crippen LogP contribution is 2.38. The molecule has 1 aliphatic rings. The molecule has 8 heteroatoms. The van der Waals surface area contributed by atoms with Gasteiger partial charge in [0.15, 0.2) is 9.84 Å². The number of nitrogens with one attached hydrogen (secondary N) is 1. The van der Waals surface area contributed by atoms with Crippen molar-refractivity contribution in [1.29, 1.82) is 0 Å². The number of benzene rings is 1. The SMILES string of the molecule is CCOC(=O)c1c(NC(=O)CCCS(=O)(=O)Cc2ccccc2)sc2c1CCCCC2. The molecule has 0 fully saturated rings. The van der Waals surface area contributed by atoms with E-state index in [-0.39, 0.29) is 36.9 Å². The summed E-state index contributed by atoms with van der Waals surface area (Å²) in [4.78, 5) is 26.2. The summed E-state index contributed by atoms with van der Waals surface area (Å²) in [7, 11) is -3.29. The molecule has 0 saturated heterocycles. The predicted octanol–water partition coefficient (Wildman–Crippen LogP) is 4.53. The summed E-state index contributed by atoms with van der Waals surface area (Å²) in [5.74, 6) is -0.763. The van der Waals surface area contributed by atoms with Crippen LogP contribution in [0.25, 0.3) is 0 Å². The maximum atomic E-state index is 12.6. The lowest BCUT2D eigenvalue weighted by atomic mass is 10.1. The maximum absolute atomic E-state index is 12.6. The van der Waals surface area contributed by atoms with Gasteiger partial charge in [-0.05, 0) is 50.2 Å². The Bertz CT molecular complexity index is 1010. The molecule has 6 nitrogen and oxygen atoms in total. The number of aryl methyl sites for hydroxylation is 1. The lowest BCUT2D eigenvalue weighted by Gasteiger charge is -2.09. The largest absolute Gasteiger partial charge is 0.462 e. The third-order valence-corrected chi connectivity index (χ3v) is 8.13. The highest BCUT2D eigenvalue weighted by atomic mass is 32.2. The molecule has 0 atom stereocenters. The summed E-state index contributed by atoms with van der Waals surface area (Å²) in [6.45, 7) is 2.03. The Balaban J connectivity index is 1.61. The summed E-state index contributed by atoms with van der Waals surface area (Å²) < 4.78 is 29.9. The number of anilines is 1. The van der Waals surface area contributed by atoms with Gasteiger partial charge >= 0.3 is 5.97 Å². The van der Waals surface area contributed by atoms with E-state index in [1.165, 1.54) is 11.3 Å². The number of carbonyl (C=O) groups excluding carboxylic acids is 2. The highest BCUT2D eigenvalue weighted by Gasteiger charge is 2.26. The fraction of sp³-hybridized carbons (Fsp3) is 0.478. The predicted molar refractivity (Wildman–Crippen MR) is 123 cm³/mol. The van der Waals surface area contributed by atoms with Crippen LogP contribution in [0.15, 0.2) is 30.3 Å². The molecule has 0 saturated carbocycles. The van der Waals surface area contributed by atoms with Crippen LogP contribution in [-0.4, -0.2) is 32.7 Å². The van der Waals surface area contributed by atoms with Crippen molar-refractivity contribution in [1.82, 2.24) is 0 Å². The standard InChI is InChI=1S/C23H29NO5S2/c1-2-29-23(26)21-18-12-7-4-8-13-19(18)30-22(21)24-20(25)14-9-15-31(27,28)16-17-10-5-3-6-11-17/h3,5-6,10-11H,2,4,7-9,12-16H2,1H3,(H,24,25). The first kappa shape index (κ1) is 23.5. The smallest absolute Gasteiger partial charge is 0.341 e. The first-order valence-corrected chi connectivity index (χ1v) is 13.4. The van der Waals surface area contributed by atoms with Crippen molar-refractivity contribution in [3.05, 3.63) is 51.9 Å². The van der Waals surface area contributed by atoms with Crippen LogP contribution in [0.2, 0.25) is 0 Å². The summed E-state index contributed by atoms with van der Waals surface area (Å²) in [5.41, 5.74) is 2.22. The number of hydrogen-bond acceptors (Lipinski definition) is 6. The molecule has 1 aromatic carbocycles. The molecule has 0 bridgehead atoms. The first-order valence-electron chi connectivity index (χ1n) is 10.8. The Kier molecular flexibility index (Phi) is 8.26. The zero-order chi connectivity index (χ0) is 22.3. The summed E-state index contributed by atoms with van der Waals surface area (Å²) in [6, 6.07) is 9.02. The molecule has 0 radical (unpaired) electrons. The lowest BCUT2D eigenvalue weighted by Crippen LogP contribution is -2.17. The molecule has 0 aliphatic heterocycles. The summed E-state index contributed by atoms with van der Waals surface area (Å²) >= 11 is 1.45. The minimum absolute atomic E-state index is 0.0277. The number of fused-ring (bicyclic) bond motifs is 1. The average molecular weight is 464 g/mol. The van der Waals surface area contributed by atoms with E-state index < -0.39 is 15.8 Å². The van der Waals surface area contributed by atoms with Crippen molar-refractivity contribution in [2.45, 2.75) is 57.6 Å². The van der Waals surface area contributed by atoms with Crippen LogP contribution in [0.1, 0.15) is 65.4 Å². The molecule has 1 amide bonds. The van der Waals surface area contributed by atoms with Gasteiger partial charge in [0.05, 0.1) is 23.7 Å². The molecule has 2 aromatic rings. The van der Waals surface area contributed by atoms with E-state index in [9.17, 15) is 18.0 Å². The molecule has 168 valence electrons. The normalized spacial score (nSPS) is 13.8. The van der Waals surface area contributed by atoms with Gasteiger partial charge in [-0.25, -0.2) is 13.2 Å². The van der Waals surface area contributed by atoms with E-state index >= 15 is 0 Å². The van der Waals surface area contributed by atoms with Gasteiger partial charge in [0.25, 0.3) is 0 Å². The van der Waals surface area contributed by atoms with Crippen molar-refractivity contribution >= 4 is 38.1 Å². The van der Waals surface area contributed by atoms with E-state index in [1.807, 2.05) is 18.2 Å². The molecule has 0 spiro atoms. The topological polar surface area (TPSA) is 89.5 Å². The monoisotopic (exact) mass is 463 g/mol. The number of thiophene rings is 1. The second-order valence-corrected chi connectivity index (χ2v) is 11.0. The average Bonchev–Trinajstić information content (AvgIpc) is 2.88. The van der Waals surface area contributed by atoms with Gasteiger partial charge in [-0.2, -0.15) is 0 Å². The zero-order valence-corrected chi connectivity index (χ0v) is 19.4. The van der Waals surface area contributed by atoms with Crippen molar-refractivity contribution in [2.75, 3.05) is 17.7 Å². The Morgan fingerprint density at radius 3 is 2.58 bits per heavy atom. The third-order valence-electron chi connectivity index (χ3n) is 5.24. The minimum atomic E-state index is -3.29. The number of rotatable bonds is 9. The van der Waals surface area contributed by atoms with E-state index in [0.29, 0.717) is 10.6 Å². The number of sulfone groups is 1. The van der Waals surface area contributed by atoms with Gasteiger partial charge in [-0.3, -0.25) is 4.79 Å². The van der Waals surface area contributed by atoms with Crippen LogP contribution in [0.5, 0.6) is 0 Å². The Hall–Kier alpha value is -2.19. The number of esters is 1. The second-order valence-electron chi connectivity index (χ2n) is 7.72. The Morgan fingerprint density at radius 2 is 1.84 bits per heavy atom. The highest BCUT2D eigenvalue weighted by molar-refractivity contribution is 7.90. The van der Waals surface area contributed by atoms with Gasteiger partial charge in [-0.1, -0.05) is 36.8 Å². The molecule has 1 aliphatic carbocycles. The van der Waals surface area contributed by atoms with E-state index in [0.717, 1.165) is 48.1 Å². The second kappa shape index (κ2) is 10.9. The van der Waals surface area contributed by atoms with Crippen LogP contribution >= 0.6 is 11.3 Å². The lowest BCUT2D eigenvalue weighted by molar-refractivity contribution is -0.116. The molecule has 1 aromatic heterocycles. The van der Waals surface area contributed by atoms with Crippen molar-refractivity contribution in [2.24, 2.45) is 0 Å². The summed E-state index contributed by atoms with van der Waals surface area (Å²) in [5, 5.41) is 3.38. The van der Waals surface area contributed by atoms with Gasteiger partial charge in [0.1, 0.15) is 5.00 Å². The molecule has 3 rings (SSSR count). The first-order chi connectivity index (χ1) is 14.9. The number of ether oxygens (including phenoxy) is 1. The van der Waals surface area contributed by atoms with Gasteiger partial charge < -0.3 is 10.1 Å². The van der Waals surface area contributed by atoms with Gasteiger partial charge in [0.2, 0.25) is 5.91 Å². The van der Waals surface area contributed by atoms with Crippen LogP contribution in [-0.2, 0) is 38.0 Å². The van der Waals surface area contributed by atoms with E-state index in [4.69, 9.17) is 4.74 Å². The molecule has 1 heterocycles. The summed E-state index contributed by atoms with van der Waals surface area (Å²) in [6.07, 6.45) is 5.25. The third kappa shape index (κ3) is 6.64. The molecular weight excluding hydrogens is 434 g/mol. The van der Waals surface area contributed by atoms with E-state index in [1.54, 1.807) is 19.1 Å². The maximum Gasteiger partial charge on any atom is 0.341 e. The van der Waals surface area contributed by atoms with Crippen LogP contribution in [0.3, 0.4) is 0 Å². The Morgan fingerprint density at radius 1 is 1.10 bits per heavy atom. The molecule has 0 unspecified atom stereocenters. The van der Waals surface area contributed by atoms with Crippen molar-refractivity contribution in [3.8, 4) is 0 Å². The quantitative estimate of drug-likeness (QED) is 0.436. The number of amides is 1. The van der Waals surface area contributed by atoms with Crippen LogP contribution in [0, 0.1) is 0 Å². The minimum Gasteiger partial charge on any atom is -0.462 e. The molecular formula is C23H29NO5S2. The zero-order valence-electron chi connectivity index (χ0n) is 17.8. The number of carbonyl (C=O) groups is 2. The van der Waals surface area contributed by atoms with Crippen LogP contribution in [0.4, 0.5) is 5.00 Å². The van der Waals surface area contributed by atoms with Crippen molar-refractivity contribution < 1.29 is 22.7 Å². The molecule has 31 heavy (non-hydrogen) atoms. The Labute approximate surface area is 187 Å². The fourth-order valence-corrected chi connectivity index (χ4v) is 6.51. The van der Waals surface area contributed by atoms with E-state index in [2.05, 4.69) is 5.32 Å². The van der Waals surface area contributed by atoms with Gasteiger partial charge in [-0.15, -0.1) is 11.3 Å². The van der Waals surface area contributed by atoms with Crippen LogP contribution < -0.4 is 5.32 Å².